The van der Waals surface area contributed by atoms with E-state index in [-0.39, 0.29) is 5.92 Å². The molecule has 0 radical (unpaired) electrons. The largest absolute Gasteiger partial charge is 0.299 e. The molecule has 1 saturated carbocycles. The van der Waals surface area contributed by atoms with E-state index in [2.05, 4.69) is 27.8 Å². The molecule has 2 rings (SSSR count). The molecule has 3 heteroatoms. The van der Waals surface area contributed by atoms with Crippen molar-refractivity contribution in [1.29, 1.82) is 0 Å². The maximum atomic E-state index is 12.3. The van der Waals surface area contributed by atoms with E-state index in [1.807, 2.05) is 12.1 Å². The van der Waals surface area contributed by atoms with Crippen LogP contribution in [0.4, 0.5) is 0 Å². The molecule has 0 spiro atoms. The predicted molar refractivity (Wildman–Crippen MR) is 76.4 cm³/mol. The van der Waals surface area contributed by atoms with Crippen LogP contribution in [0.1, 0.15) is 44.7 Å². The standard InChI is InChI=1S/C15H20BrNO/c1-2-11-4-3-5-12(8-11)15(18)9-14-7-6-13(16)10-17-14/h6-7,10-12H,2-5,8-9H2,1H3. The molecule has 1 fully saturated rings. The molecular weight excluding hydrogens is 290 g/mol. The zero-order valence-corrected chi connectivity index (χ0v) is 12.4. The summed E-state index contributed by atoms with van der Waals surface area (Å²) < 4.78 is 0.961. The molecule has 0 saturated heterocycles. The summed E-state index contributed by atoms with van der Waals surface area (Å²) in [5.74, 6) is 1.41. The van der Waals surface area contributed by atoms with Gasteiger partial charge in [-0.25, -0.2) is 0 Å². The Balaban J connectivity index is 1.93. The quantitative estimate of drug-likeness (QED) is 0.835. The van der Waals surface area contributed by atoms with Crippen molar-refractivity contribution >= 4 is 21.7 Å². The highest BCUT2D eigenvalue weighted by Gasteiger charge is 2.26. The van der Waals surface area contributed by atoms with Crippen molar-refractivity contribution in [2.45, 2.75) is 45.4 Å². The van der Waals surface area contributed by atoms with Gasteiger partial charge in [0.05, 0.1) is 0 Å². The lowest BCUT2D eigenvalue weighted by molar-refractivity contribution is -0.123. The fraction of sp³-hybridized carbons (Fsp3) is 0.600. The van der Waals surface area contributed by atoms with Gasteiger partial charge in [-0.05, 0) is 46.8 Å². The molecule has 1 aliphatic carbocycles. The molecular formula is C15H20BrNO. The van der Waals surface area contributed by atoms with Crippen molar-refractivity contribution < 1.29 is 4.79 Å². The maximum absolute atomic E-state index is 12.3. The van der Waals surface area contributed by atoms with Crippen molar-refractivity contribution in [3.05, 3.63) is 28.5 Å². The number of pyridine rings is 1. The summed E-state index contributed by atoms with van der Waals surface area (Å²) >= 11 is 3.36. The number of Topliss-reactive ketones (excluding diaryl/α,β-unsaturated/α-hetero) is 1. The van der Waals surface area contributed by atoms with Gasteiger partial charge in [-0.15, -0.1) is 0 Å². The number of carbonyl (C=O) groups excluding carboxylic acids is 1. The van der Waals surface area contributed by atoms with Crippen LogP contribution in [0.2, 0.25) is 0 Å². The highest BCUT2D eigenvalue weighted by Crippen LogP contribution is 2.32. The Hall–Kier alpha value is -0.700. The number of hydrogen-bond donors (Lipinski definition) is 0. The van der Waals surface area contributed by atoms with Gasteiger partial charge < -0.3 is 0 Å². The zero-order chi connectivity index (χ0) is 13.0. The Morgan fingerprint density at radius 2 is 2.28 bits per heavy atom. The third-order valence-corrected chi connectivity index (χ3v) is 4.43. The number of hydrogen-bond acceptors (Lipinski definition) is 2. The Labute approximate surface area is 117 Å². The van der Waals surface area contributed by atoms with Gasteiger partial charge in [0.2, 0.25) is 0 Å². The number of aromatic nitrogens is 1. The van der Waals surface area contributed by atoms with E-state index in [4.69, 9.17) is 0 Å². The van der Waals surface area contributed by atoms with Crippen molar-refractivity contribution in [1.82, 2.24) is 4.98 Å². The second-order valence-electron chi connectivity index (χ2n) is 5.25. The molecule has 0 amide bonds. The highest BCUT2D eigenvalue weighted by molar-refractivity contribution is 9.10. The van der Waals surface area contributed by atoms with Crippen LogP contribution >= 0.6 is 15.9 Å². The topological polar surface area (TPSA) is 30.0 Å². The van der Waals surface area contributed by atoms with Gasteiger partial charge >= 0.3 is 0 Å². The van der Waals surface area contributed by atoms with E-state index < -0.39 is 0 Å². The Kier molecular flexibility index (Phi) is 4.93. The van der Waals surface area contributed by atoms with E-state index in [9.17, 15) is 4.79 Å². The van der Waals surface area contributed by atoms with Crippen LogP contribution in [0.15, 0.2) is 22.8 Å². The first-order valence-electron chi connectivity index (χ1n) is 6.82. The van der Waals surface area contributed by atoms with Gasteiger partial charge in [-0.3, -0.25) is 9.78 Å². The second kappa shape index (κ2) is 6.46. The lowest BCUT2D eigenvalue weighted by atomic mass is 9.77. The van der Waals surface area contributed by atoms with Crippen LogP contribution in [-0.4, -0.2) is 10.8 Å². The lowest BCUT2D eigenvalue weighted by Crippen LogP contribution is -2.24. The first kappa shape index (κ1) is 13.7. The van der Waals surface area contributed by atoms with Crippen LogP contribution in [0.25, 0.3) is 0 Å². The maximum Gasteiger partial charge on any atom is 0.141 e. The third kappa shape index (κ3) is 3.64. The second-order valence-corrected chi connectivity index (χ2v) is 6.16. The Morgan fingerprint density at radius 1 is 1.44 bits per heavy atom. The van der Waals surface area contributed by atoms with Gasteiger partial charge in [0.15, 0.2) is 0 Å². The molecule has 0 aromatic carbocycles. The van der Waals surface area contributed by atoms with Crippen LogP contribution in [0, 0.1) is 11.8 Å². The van der Waals surface area contributed by atoms with Crippen molar-refractivity contribution in [2.75, 3.05) is 0 Å². The van der Waals surface area contributed by atoms with E-state index in [0.29, 0.717) is 12.2 Å². The minimum atomic E-state index is 0.272. The van der Waals surface area contributed by atoms with Crippen LogP contribution in [0.3, 0.4) is 0 Å². The van der Waals surface area contributed by atoms with E-state index >= 15 is 0 Å². The lowest BCUT2D eigenvalue weighted by Gasteiger charge is -2.27. The number of halogens is 1. The Bertz CT molecular complexity index is 401. The molecule has 0 aliphatic heterocycles. The average molecular weight is 310 g/mol. The van der Waals surface area contributed by atoms with E-state index in [1.54, 1.807) is 6.20 Å². The molecule has 0 bridgehead atoms. The van der Waals surface area contributed by atoms with Crippen molar-refractivity contribution in [2.24, 2.45) is 11.8 Å². The van der Waals surface area contributed by atoms with Crippen LogP contribution in [0.5, 0.6) is 0 Å². The molecule has 1 heterocycles. The first-order chi connectivity index (χ1) is 8.69. The SMILES string of the molecule is CCC1CCCC(C(=O)Cc2ccc(Br)cn2)C1. The zero-order valence-electron chi connectivity index (χ0n) is 10.9. The summed E-state index contributed by atoms with van der Waals surface area (Å²) in [4.78, 5) is 16.5. The smallest absolute Gasteiger partial charge is 0.141 e. The molecule has 18 heavy (non-hydrogen) atoms. The van der Waals surface area contributed by atoms with Gasteiger partial charge in [-0.2, -0.15) is 0 Å². The van der Waals surface area contributed by atoms with Gasteiger partial charge in [0, 0.05) is 28.7 Å². The molecule has 1 aliphatic rings. The van der Waals surface area contributed by atoms with E-state index in [0.717, 1.165) is 28.9 Å². The van der Waals surface area contributed by atoms with Crippen LogP contribution < -0.4 is 0 Å². The predicted octanol–water partition coefficient (Wildman–Crippen LogP) is 4.17. The summed E-state index contributed by atoms with van der Waals surface area (Å²) in [6, 6.07) is 3.88. The first-order valence-corrected chi connectivity index (χ1v) is 7.61. The Morgan fingerprint density at radius 3 is 2.94 bits per heavy atom. The fourth-order valence-corrected chi connectivity index (χ4v) is 3.02. The normalized spacial score (nSPS) is 23.9. The van der Waals surface area contributed by atoms with Gasteiger partial charge in [0.25, 0.3) is 0 Å². The molecule has 2 unspecified atom stereocenters. The fourth-order valence-electron chi connectivity index (χ4n) is 2.79. The molecule has 0 N–H and O–H groups in total. The summed E-state index contributed by atoms with van der Waals surface area (Å²) in [6.07, 6.45) is 8.14. The van der Waals surface area contributed by atoms with Gasteiger partial charge in [-0.1, -0.05) is 26.2 Å². The summed E-state index contributed by atoms with van der Waals surface area (Å²) in [5, 5.41) is 0. The average Bonchev–Trinajstić information content (AvgIpc) is 2.41. The third-order valence-electron chi connectivity index (χ3n) is 3.96. The van der Waals surface area contributed by atoms with Crippen molar-refractivity contribution in [3.8, 4) is 0 Å². The number of nitrogens with zero attached hydrogens (tertiary/aromatic N) is 1. The minimum absolute atomic E-state index is 0.272. The summed E-state index contributed by atoms with van der Waals surface area (Å²) in [5.41, 5.74) is 0.891. The van der Waals surface area contributed by atoms with Crippen molar-refractivity contribution in [3.63, 3.8) is 0 Å². The number of ketones is 1. The monoisotopic (exact) mass is 309 g/mol. The summed E-state index contributed by atoms with van der Waals surface area (Å²) in [6.45, 7) is 2.23. The molecule has 2 nitrogen and oxygen atoms in total. The highest BCUT2D eigenvalue weighted by atomic mass is 79.9. The molecule has 1 aromatic rings. The molecule has 1 aromatic heterocycles. The van der Waals surface area contributed by atoms with Crippen LogP contribution in [-0.2, 0) is 11.2 Å². The number of carbonyl (C=O) groups is 1. The molecule has 98 valence electrons. The molecule has 2 atom stereocenters. The van der Waals surface area contributed by atoms with E-state index in [1.165, 1.54) is 19.3 Å². The van der Waals surface area contributed by atoms with Gasteiger partial charge in [0.1, 0.15) is 5.78 Å². The number of rotatable bonds is 4. The minimum Gasteiger partial charge on any atom is -0.299 e. The summed E-state index contributed by atoms with van der Waals surface area (Å²) in [7, 11) is 0.